The van der Waals surface area contributed by atoms with Gasteiger partial charge in [-0.1, -0.05) is 61.0 Å². The molecule has 0 spiro atoms. The maximum atomic E-state index is 5.96. The summed E-state index contributed by atoms with van der Waals surface area (Å²) in [6.07, 6.45) is 1.14. The van der Waals surface area contributed by atoms with Gasteiger partial charge in [0.05, 0.1) is 0 Å². The van der Waals surface area contributed by atoms with Crippen molar-refractivity contribution in [1.82, 2.24) is 5.32 Å². The van der Waals surface area contributed by atoms with Crippen LogP contribution in [0, 0.1) is 0 Å². The lowest BCUT2D eigenvalue weighted by molar-refractivity contribution is 0.594. The number of hydrogen-bond donors (Lipinski definition) is 1. The lowest BCUT2D eigenvalue weighted by Crippen LogP contribution is -2.16. The van der Waals surface area contributed by atoms with E-state index in [1.165, 1.54) is 11.1 Å². The smallest absolute Gasteiger partial charge is 0.0409 e. The molecule has 1 unspecified atom stereocenters. The van der Waals surface area contributed by atoms with Crippen LogP contribution in [0.4, 0.5) is 0 Å². The summed E-state index contributed by atoms with van der Waals surface area (Å²) in [5.41, 5.74) is 2.65. The van der Waals surface area contributed by atoms with Crippen molar-refractivity contribution in [2.75, 3.05) is 6.54 Å². The van der Waals surface area contributed by atoms with Crippen LogP contribution in [0.1, 0.15) is 30.4 Å². The van der Waals surface area contributed by atoms with E-state index in [-0.39, 0.29) is 0 Å². The second-order valence-corrected chi connectivity index (χ2v) is 5.34. The van der Waals surface area contributed by atoms with Crippen LogP contribution >= 0.6 is 11.6 Å². The van der Waals surface area contributed by atoms with Gasteiger partial charge in [0, 0.05) is 11.6 Å². The fraction of sp³-hybridized carbons (Fsp3) is 0.294. The number of rotatable bonds is 6. The summed E-state index contributed by atoms with van der Waals surface area (Å²) in [4.78, 5) is 0. The third-order valence-electron chi connectivity index (χ3n) is 3.34. The van der Waals surface area contributed by atoms with Gasteiger partial charge in [-0.2, -0.15) is 0 Å². The van der Waals surface area contributed by atoms with Crippen molar-refractivity contribution in [3.63, 3.8) is 0 Å². The fourth-order valence-electron chi connectivity index (χ4n) is 2.15. The Labute approximate surface area is 120 Å². The predicted molar refractivity (Wildman–Crippen MR) is 82.6 cm³/mol. The molecule has 0 amide bonds. The third-order valence-corrected chi connectivity index (χ3v) is 3.58. The van der Waals surface area contributed by atoms with Crippen molar-refractivity contribution < 1.29 is 0 Å². The van der Waals surface area contributed by atoms with E-state index in [1.54, 1.807) is 0 Å². The standard InChI is InChI=1S/C17H20ClN/c1-14(16-7-3-2-4-8-16)10-11-19-13-15-6-5-9-17(18)12-15/h2-9,12,14,19H,10-11,13H2,1H3. The van der Waals surface area contributed by atoms with Crippen molar-refractivity contribution in [2.24, 2.45) is 0 Å². The second-order valence-electron chi connectivity index (χ2n) is 4.91. The van der Waals surface area contributed by atoms with Gasteiger partial charge in [-0.3, -0.25) is 0 Å². The van der Waals surface area contributed by atoms with Crippen LogP contribution in [-0.4, -0.2) is 6.54 Å². The molecule has 1 nitrogen and oxygen atoms in total. The van der Waals surface area contributed by atoms with Crippen molar-refractivity contribution in [3.8, 4) is 0 Å². The Balaban J connectivity index is 1.72. The normalized spacial score (nSPS) is 12.3. The molecule has 2 rings (SSSR count). The molecule has 1 N–H and O–H groups in total. The molecule has 0 aromatic heterocycles. The number of halogens is 1. The average Bonchev–Trinajstić information content (AvgIpc) is 2.44. The van der Waals surface area contributed by atoms with E-state index in [4.69, 9.17) is 11.6 Å². The minimum Gasteiger partial charge on any atom is -0.313 e. The van der Waals surface area contributed by atoms with E-state index in [9.17, 15) is 0 Å². The van der Waals surface area contributed by atoms with E-state index in [2.05, 4.69) is 48.6 Å². The largest absolute Gasteiger partial charge is 0.313 e. The molecule has 0 saturated carbocycles. The fourth-order valence-corrected chi connectivity index (χ4v) is 2.36. The minimum absolute atomic E-state index is 0.591. The maximum Gasteiger partial charge on any atom is 0.0409 e. The molecular weight excluding hydrogens is 254 g/mol. The molecule has 2 aromatic rings. The zero-order valence-corrected chi connectivity index (χ0v) is 12.0. The zero-order chi connectivity index (χ0) is 13.5. The lowest BCUT2D eigenvalue weighted by Gasteiger charge is -2.12. The first-order chi connectivity index (χ1) is 9.25. The predicted octanol–water partition coefficient (Wildman–Crippen LogP) is 4.62. The van der Waals surface area contributed by atoms with Gasteiger partial charge in [0.2, 0.25) is 0 Å². The summed E-state index contributed by atoms with van der Waals surface area (Å²) in [6.45, 7) is 4.17. The molecule has 100 valence electrons. The molecule has 1 atom stereocenters. The van der Waals surface area contributed by atoms with Crippen LogP contribution < -0.4 is 5.32 Å². The number of hydrogen-bond acceptors (Lipinski definition) is 1. The topological polar surface area (TPSA) is 12.0 Å². The molecule has 0 aliphatic heterocycles. The molecule has 2 heteroatoms. The number of benzene rings is 2. The first-order valence-corrected chi connectivity index (χ1v) is 7.13. The van der Waals surface area contributed by atoms with E-state index in [0.717, 1.165) is 24.5 Å². The second kappa shape index (κ2) is 7.32. The van der Waals surface area contributed by atoms with Crippen LogP contribution in [0.25, 0.3) is 0 Å². The monoisotopic (exact) mass is 273 g/mol. The zero-order valence-electron chi connectivity index (χ0n) is 11.3. The van der Waals surface area contributed by atoms with E-state index >= 15 is 0 Å². The summed E-state index contributed by atoms with van der Waals surface area (Å²) in [5, 5.41) is 4.27. The average molecular weight is 274 g/mol. The highest BCUT2D eigenvalue weighted by Gasteiger charge is 2.03. The lowest BCUT2D eigenvalue weighted by atomic mass is 9.98. The highest BCUT2D eigenvalue weighted by Crippen LogP contribution is 2.17. The Morgan fingerprint density at radius 1 is 1.05 bits per heavy atom. The van der Waals surface area contributed by atoms with Crippen LogP contribution in [-0.2, 0) is 6.54 Å². The van der Waals surface area contributed by atoms with Crippen LogP contribution in [0.2, 0.25) is 5.02 Å². The van der Waals surface area contributed by atoms with Crippen molar-refractivity contribution in [2.45, 2.75) is 25.8 Å². The quantitative estimate of drug-likeness (QED) is 0.757. The molecule has 0 radical (unpaired) electrons. The minimum atomic E-state index is 0.591. The summed E-state index contributed by atoms with van der Waals surface area (Å²) < 4.78 is 0. The van der Waals surface area contributed by atoms with Crippen LogP contribution in [0.15, 0.2) is 54.6 Å². The van der Waals surface area contributed by atoms with Gasteiger partial charge in [0.1, 0.15) is 0 Å². The highest BCUT2D eigenvalue weighted by molar-refractivity contribution is 6.30. The SMILES string of the molecule is CC(CCNCc1cccc(Cl)c1)c1ccccc1. The van der Waals surface area contributed by atoms with Crippen LogP contribution in [0.3, 0.4) is 0 Å². The first-order valence-electron chi connectivity index (χ1n) is 6.76. The third kappa shape index (κ3) is 4.70. The molecule has 0 heterocycles. The summed E-state index contributed by atoms with van der Waals surface area (Å²) in [5.74, 6) is 0.591. The molecule has 0 fully saturated rings. The molecule has 0 saturated heterocycles. The van der Waals surface area contributed by atoms with E-state index in [0.29, 0.717) is 5.92 Å². The molecule has 0 bridgehead atoms. The van der Waals surface area contributed by atoms with Gasteiger partial charge in [-0.05, 0) is 42.1 Å². The summed E-state index contributed by atoms with van der Waals surface area (Å²) >= 11 is 5.96. The van der Waals surface area contributed by atoms with Gasteiger partial charge in [-0.15, -0.1) is 0 Å². The van der Waals surface area contributed by atoms with Crippen molar-refractivity contribution in [1.29, 1.82) is 0 Å². The Kier molecular flexibility index (Phi) is 5.44. The molecule has 0 aliphatic rings. The number of nitrogens with one attached hydrogen (secondary N) is 1. The molecule has 0 aliphatic carbocycles. The maximum absolute atomic E-state index is 5.96. The van der Waals surface area contributed by atoms with E-state index < -0.39 is 0 Å². The van der Waals surface area contributed by atoms with Gasteiger partial charge in [-0.25, -0.2) is 0 Å². The molecular formula is C17H20ClN. The van der Waals surface area contributed by atoms with Crippen molar-refractivity contribution >= 4 is 11.6 Å². The van der Waals surface area contributed by atoms with Crippen LogP contribution in [0.5, 0.6) is 0 Å². The first kappa shape index (κ1) is 14.1. The highest BCUT2D eigenvalue weighted by atomic mass is 35.5. The molecule has 2 aromatic carbocycles. The Bertz CT molecular complexity index is 496. The van der Waals surface area contributed by atoms with Gasteiger partial charge >= 0.3 is 0 Å². The van der Waals surface area contributed by atoms with Crippen molar-refractivity contribution in [3.05, 3.63) is 70.7 Å². The molecule has 19 heavy (non-hydrogen) atoms. The van der Waals surface area contributed by atoms with Gasteiger partial charge in [0.15, 0.2) is 0 Å². The summed E-state index contributed by atoms with van der Waals surface area (Å²) in [7, 11) is 0. The Morgan fingerprint density at radius 2 is 1.84 bits per heavy atom. The van der Waals surface area contributed by atoms with Gasteiger partial charge in [0.25, 0.3) is 0 Å². The Morgan fingerprint density at radius 3 is 2.58 bits per heavy atom. The van der Waals surface area contributed by atoms with Gasteiger partial charge < -0.3 is 5.32 Å². The van der Waals surface area contributed by atoms with E-state index in [1.807, 2.05) is 18.2 Å². The summed E-state index contributed by atoms with van der Waals surface area (Å²) in [6, 6.07) is 18.7. The Hall–Kier alpha value is -1.31.